The second-order valence-corrected chi connectivity index (χ2v) is 4.77. The van der Waals surface area contributed by atoms with Gasteiger partial charge in [0, 0.05) is 6.42 Å². The molecule has 0 saturated carbocycles. The molecule has 0 N–H and O–H groups in total. The summed E-state index contributed by atoms with van der Waals surface area (Å²) in [6.45, 7) is 4.04. The highest BCUT2D eigenvalue weighted by molar-refractivity contribution is 5.83. The summed E-state index contributed by atoms with van der Waals surface area (Å²) in [6, 6.07) is 10.0. The SMILES string of the molecule is CC1(C)OC[C@H](C(=O)CCc2ccccc2)O1. The Hall–Kier alpha value is -1.19. The molecule has 1 aromatic carbocycles. The fraction of sp³-hybridized carbons (Fsp3) is 0.500. The van der Waals surface area contributed by atoms with Crippen LogP contribution in [-0.2, 0) is 20.7 Å². The van der Waals surface area contributed by atoms with E-state index in [0.29, 0.717) is 13.0 Å². The van der Waals surface area contributed by atoms with Crippen molar-refractivity contribution in [1.82, 2.24) is 0 Å². The number of benzene rings is 1. The molecule has 0 aliphatic carbocycles. The fourth-order valence-corrected chi connectivity index (χ4v) is 1.92. The van der Waals surface area contributed by atoms with E-state index in [2.05, 4.69) is 0 Å². The minimum Gasteiger partial charge on any atom is -0.347 e. The molecule has 0 spiro atoms. The third kappa shape index (κ3) is 3.38. The van der Waals surface area contributed by atoms with Crippen molar-refractivity contribution >= 4 is 5.78 Å². The summed E-state index contributed by atoms with van der Waals surface area (Å²) in [4.78, 5) is 11.9. The van der Waals surface area contributed by atoms with Crippen LogP contribution < -0.4 is 0 Å². The molecule has 0 unspecified atom stereocenters. The molecular weight excluding hydrogens is 216 g/mol. The minimum absolute atomic E-state index is 0.124. The molecule has 0 aromatic heterocycles. The first-order chi connectivity index (χ1) is 8.07. The summed E-state index contributed by atoms with van der Waals surface area (Å²) in [7, 11) is 0. The van der Waals surface area contributed by atoms with Crippen LogP contribution in [0.25, 0.3) is 0 Å². The maximum Gasteiger partial charge on any atom is 0.164 e. The number of rotatable bonds is 4. The molecule has 2 rings (SSSR count). The van der Waals surface area contributed by atoms with Crippen LogP contribution in [0.15, 0.2) is 30.3 Å². The average Bonchev–Trinajstić information content (AvgIpc) is 2.68. The van der Waals surface area contributed by atoms with Crippen molar-refractivity contribution in [3.05, 3.63) is 35.9 Å². The lowest BCUT2D eigenvalue weighted by Gasteiger charge is -2.16. The number of ketones is 1. The van der Waals surface area contributed by atoms with Crippen LogP contribution in [0.3, 0.4) is 0 Å². The van der Waals surface area contributed by atoms with Gasteiger partial charge in [-0.2, -0.15) is 0 Å². The molecule has 3 heteroatoms. The molecule has 0 amide bonds. The Labute approximate surface area is 102 Å². The van der Waals surface area contributed by atoms with Crippen LogP contribution in [0.1, 0.15) is 25.8 Å². The second-order valence-electron chi connectivity index (χ2n) is 4.77. The smallest absolute Gasteiger partial charge is 0.164 e. The van der Waals surface area contributed by atoms with Crippen LogP contribution in [0, 0.1) is 0 Å². The number of ether oxygens (including phenoxy) is 2. The lowest BCUT2D eigenvalue weighted by molar-refractivity contribution is -0.152. The van der Waals surface area contributed by atoms with Crippen molar-refractivity contribution in [3.63, 3.8) is 0 Å². The summed E-state index contributed by atoms with van der Waals surface area (Å²) < 4.78 is 10.9. The number of Topliss-reactive ketones (excluding diaryl/α,β-unsaturated/α-hetero) is 1. The van der Waals surface area contributed by atoms with Crippen molar-refractivity contribution in [3.8, 4) is 0 Å². The number of carbonyl (C=O) groups excluding carboxylic acids is 1. The Balaban J connectivity index is 1.83. The molecule has 1 atom stereocenters. The van der Waals surface area contributed by atoms with Crippen LogP contribution >= 0.6 is 0 Å². The van der Waals surface area contributed by atoms with Crippen LogP contribution in [0.4, 0.5) is 0 Å². The maximum absolute atomic E-state index is 11.9. The van der Waals surface area contributed by atoms with Gasteiger partial charge in [-0.05, 0) is 25.8 Å². The Morgan fingerprint density at radius 3 is 2.65 bits per heavy atom. The van der Waals surface area contributed by atoms with E-state index in [1.165, 1.54) is 5.56 Å². The van der Waals surface area contributed by atoms with E-state index in [1.807, 2.05) is 44.2 Å². The number of hydrogen-bond donors (Lipinski definition) is 0. The van der Waals surface area contributed by atoms with Crippen molar-refractivity contribution in [2.45, 2.75) is 38.6 Å². The number of hydrogen-bond acceptors (Lipinski definition) is 3. The van der Waals surface area contributed by atoms with Crippen molar-refractivity contribution < 1.29 is 14.3 Å². The zero-order valence-corrected chi connectivity index (χ0v) is 10.3. The topological polar surface area (TPSA) is 35.5 Å². The molecule has 1 aliphatic rings. The molecule has 1 aliphatic heterocycles. The Morgan fingerprint density at radius 2 is 2.06 bits per heavy atom. The monoisotopic (exact) mass is 234 g/mol. The average molecular weight is 234 g/mol. The van der Waals surface area contributed by atoms with Crippen LogP contribution in [0.2, 0.25) is 0 Å². The third-order valence-electron chi connectivity index (χ3n) is 2.87. The quantitative estimate of drug-likeness (QED) is 0.802. The van der Waals surface area contributed by atoms with E-state index >= 15 is 0 Å². The van der Waals surface area contributed by atoms with Gasteiger partial charge < -0.3 is 9.47 Å². The first-order valence-electron chi connectivity index (χ1n) is 5.95. The predicted octanol–water partition coefficient (Wildman–Crippen LogP) is 2.34. The van der Waals surface area contributed by atoms with Gasteiger partial charge in [0.2, 0.25) is 0 Å². The first-order valence-corrected chi connectivity index (χ1v) is 5.95. The summed E-state index contributed by atoms with van der Waals surface area (Å²) >= 11 is 0. The lowest BCUT2D eigenvalue weighted by atomic mass is 10.1. The molecule has 1 aromatic rings. The van der Waals surface area contributed by atoms with Gasteiger partial charge >= 0.3 is 0 Å². The Kier molecular flexibility index (Phi) is 3.60. The zero-order valence-electron chi connectivity index (χ0n) is 10.3. The van der Waals surface area contributed by atoms with E-state index in [1.54, 1.807) is 0 Å². The van der Waals surface area contributed by atoms with Gasteiger partial charge in [0.15, 0.2) is 11.6 Å². The summed E-state index contributed by atoms with van der Waals surface area (Å²) in [6.07, 6.45) is 0.877. The molecule has 17 heavy (non-hydrogen) atoms. The zero-order chi connectivity index (χ0) is 12.3. The summed E-state index contributed by atoms with van der Waals surface area (Å²) in [5.41, 5.74) is 1.18. The lowest BCUT2D eigenvalue weighted by Crippen LogP contribution is -2.27. The maximum atomic E-state index is 11.9. The van der Waals surface area contributed by atoms with E-state index < -0.39 is 11.9 Å². The van der Waals surface area contributed by atoms with Gasteiger partial charge in [-0.3, -0.25) is 4.79 Å². The Bertz CT molecular complexity index is 384. The number of aryl methyl sites for hydroxylation is 1. The molecular formula is C14H18O3. The van der Waals surface area contributed by atoms with Gasteiger partial charge in [0.05, 0.1) is 6.61 Å². The summed E-state index contributed by atoms with van der Waals surface area (Å²) in [5, 5.41) is 0. The molecule has 3 nitrogen and oxygen atoms in total. The highest BCUT2D eigenvalue weighted by atomic mass is 16.7. The fourth-order valence-electron chi connectivity index (χ4n) is 1.92. The molecule has 1 fully saturated rings. The van der Waals surface area contributed by atoms with Gasteiger partial charge in [-0.25, -0.2) is 0 Å². The minimum atomic E-state index is -0.618. The first kappa shape index (κ1) is 12.3. The van der Waals surface area contributed by atoms with Crippen LogP contribution in [-0.4, -0.2) is 24.3 Å². The van der Waals surface area contributed by atoms with Gasteiger partial charge in [-0.1, -0.05) is 30.3 Å². The van der Waals surface area contributed by atoms with Gasteiger partial charge in [-0.15, -0.1) is 0 Å². The van der Waals surface area contributed by atoms with Crippen molar-refractivity contribution in [1.29, 1.82) is 0 Å². The van der Waals surface area contributed by atoms with Gasteiger partial charge in [0.1, 0.15) is 6.10 Å². The number of carbonyl (C=O) groups is 1. The van der Waals surface area contributed by atoms with Crippen LogP contribution in [0.5, 0.6) is 0 Å². The normalized spacial score (nSPS) is 22.6. The van der Waals surface area contributed by atoms with E-state index in [-0.39, 0.29) is 5.78 Å². The predicted molar refractivity (Wildman–Crippen MR) is 64.7 cm³/mol. The highest BCUT2D eigenvalue weighted by Crippen LogP contribution is 2.23. The molecule has 0 radical (unpaired) electrons. The molecule has 92 valence electrons. The molecule has 1 saturated heterocycles. The van der Waals surface area contributed by atoms with Crippen molar-refractivity contribution in [2.75, 3.05) is 6.61 Å². The van der Waals surface area contributed by atoms with E-state index in [9.17, 15) is 4.79 Å². The van der Waals surface area contributed by atoms with Crippen molar-refractivity contribution in [2.24, 2.45) is 0 Å². The molecule has 1 heterocycles. The second kappa shape index (κ2) is 4.98. The third-order valence-corrected chi connectivity index (χ3v) is 2.87. The van der Waals surface area contributed by atoms with E-state index in [4.69, 9.17) is 9.47 Å². The Morgan fingerprint density at radius 1 is 1.35 bits per heavy atom. The summed E-state index contributed by atoms with van der Waals surface area (Å²) in [5.74, 6) is -0.494. The van der Waals surface area contributed by atoms with Gasteiger partial charge in [0.25, 0.3) is 0 Å². The highest BCUT2D eigenvalue weighted by Gasteiger charge is 2.36. The largest absolute Gasteiger partial charge is 0.347 e. The standard InChI is InChI=1S/C14H18O3/c1-14(2)16-10-13(17-14)12(15)9-8-11-6-4-3-5-7-11/h3-7,13H,8-10H2,1-2H3/t13-/m1/s1. The van der Waals surface area contributed by atoms with E-state index in [0.717, 1.165) is 6.42 Å². The molecule has 0 bridgehead atoms.